The predicted molar refractivity (Wildman–Crippen MR) is 167 cm³/mol. The van der Waals surface area contributed by atoms with E-state index in [-0.39, 0.29) is 24.8 Å². The highest BCUT2D eigenvalue weighted by molar-refractivity contribution is 6.31. The molecule has 45 heavy (non-hydrogen) atoms. The minimum Gasteiger partial charge on any atom is -0.465 e. The number of nitrogens with one attached hydrogen (secondary N) is 1. The number of benzene rings is 2. The van der Waals surface area contributed by atoms with E-state index in [9.17, 15) is 14.7 Å². The summed E-state index contributed by atoms with van der Waals surface area (Å²) in [5.41, 5.74) is 5.07. The van der Waals surface area contributed by atoms with E-state index in [1.807, 2.05) is 31.2 Å². The zero-order valence-electron chi connectivity index (χ0n) is 24.5. The second-order valence-corrected chi connectivity index (χ2v) is 10.8. The molecule has 232 valence electrons. The highest BCUT2D eigenvalue weighted by Gasteiger charge is 2.28. The number of aromatic nitrogens is 7. The summed E-state index contributed by atoms with van der Waals surface area (Å²) in [7, 11) is 0. The Morgan fingerprint density at radius 2 is 1.91 bits per heavy atom. The van der Waals surface area contributed by atoms with Gasteiger partial charge in [-0.1, -0.05) is 23.7 Å². The van der Waals surface area contributed by atoms with E-state index in [0.717, 1.165) is 28.1 Å². The molecule has 3 aromatic heterocycles. The van der Waals surface area contributed by atoms with E-state index in [2.05, 4.69) is 25.5 Å². The van der Waals surface area contributed by atoms with Crippen LogP contribution in [0.1, 0.15) is 30.9 Å². The van der Waals surface area contributed by atoms with E-state index < -0.39 is 6.09 Å². The van der Waals surface area contributed by atoms with Gasteiger partial charge in [0.25, 0.3) is 5.56 Å². The molecule has 1 aliphatic heterocycles. The molecule has 0 fully saturated rings. The maximum atomic E-state index is 13.5. The fraction of sp³-hybridized carbons (Fsp3) is 0.290. The number of amides is 1. The van der Waals surface area contributed by atoms with Crippen LogP contribution in [-0.2, 0) is 15.9 Å². The SMILES string of the molecule is CCOCCOCCN(C(=O)O)c1ccc(-c2cnc([C@@H]3CCc4cc(-c5cc(Cl)ccc5-n5cnnn5)cc(=O)n43)[nH]2)cc1. The Morgan fingerprint density at radius 3 is 2.67 bits per heavy atom. The average molecular weight is 631 g/mol. The van der Waals surface area contributed by atoms with Crippen LogP contribution in [0.3, 0.4) is 0 Å². The topological polar surface area (TPSA) is 153 Å². The third-order valence-electron chi connectivity index (χ3n) is 7.67. The number of aryl methyl sites for hydroxylation is 1. The summed E-state index contributed by atoms with van der Waals surface area (Å²) in [5, 5.41) is 21.7. The minimum atomic E-state index is -1.06. The Bertz CT molecular complexity index is 1840. The molecule has 2 aromatic carbocycles. The number of rotatable bonds is 12. The van der Waals surface area contributed by atoms with Crippen LogP contribution in [0.25, 0.3) is 28.1 Å². The van der Waals surface area contributed by atoms with Crippen LogP contribution in [0.4, 0.5) is 10.5 Å². The summed E-state index contributed by atoms with van der Waals surface area (Å²) in [6, 6.07) is 15.9. The first-order chi connectivity index (χ1) is 21.9. The molecule has 1 atom stereocenters. The number of imidazole rings is 1. The molecular formula is C31H31ClN8O5. The molecule has 13 nitrogen and oxygen atoms in total. The van der Waals surface area contributed by atoms with Gasteiger partial charge in [-0.05, 0) is 77.7 Å². The fourth-order valence-corrected chi connectivity index (χ4v) is 5.72. The number of halogens is 1. The van der Waals surface area contributed by atoms with Crippen LogP contribution in [0.5, 0.6) is 0 Å². The Kier molecular flexibility index (Phi) is 9.01. The van der Waals surface area contributed by atoms with Crippen LogP contribution in [-0.4, -0.2) is 78.9 Å². The number of fused-ring (bicyclic) bond motifs is 1. The summed E-state index contributed by atoms with van der Waals surface area (Å²) in [4.78, 5) is 34.6. The largest absolute Gasteiger partial charge is 0.465 e. The van der Waals surface area contributed by atoms with Gasteiger partial charge in [-0.15, -0.1) is 5.10 Å². The summed E-state index contributed by atoms with van der Waals surface area (Å²) in [6.45, 7) is 3.85. The second-order valence-electron chi connectivity index (χ2n) is 10.4. The van der Waals surface area contributed by atoms with Gasteiger partial charge in [-0.2, -0.15) is 4.68 Å². The molecule has 14 heteroatoms. The maximum Gasteiger partial charge on any atom is 0.411 e. The summed E-state index contributed by atoms with van der Waals surface area (Å²) in [6.07, 6.45) is 3.57. The number of carbonyl (C=O) groups is 1. The van der Waals surface area contributed by atoms with E-state index in [4.69, 9.17) is 21.1 Å². The van der Waals surface area contributed by atoms with Crippen molar-refractivity contribution < 1.29 is 19.4 Å². The van der Waals surface area contributed by atoms with Crippen molar-refractivity contribution in [3.8, 4) is 28.1 Å². The number of ether oxygens (including phenoxy) is 2. The number of carboxylic acid groups (broad SMARTS) is 1. The number of aromatic amines is 1. The lowest BCUT2D eigenvalue weighted by atomic mass is 10.0. The van der Waals surface area contributed by atoms with Crippen LogP contribution in [0.15, 0.2) is 71.9 Å². The zero-order valence-corrected chi connectivity index (χ0v) is 25.2. The van der Waals surface area contributed by atoms with Gasteiger partial charge in [0, 0.05) is 34.6 Å². The number of H-pyrrole nitrogens is 1. The number of tetrazole rings is 1. The van der Waals surface area contributed by atoms with Gasteiger partial charge in [-0.25, -0.2) is 9.78 Å². The standard InChI is InChI=1S/C31H31ClN8O5/c1-2-44-13-14-45-12-11-38(31(42)43)23-6-3-20(4-7-23)26-18-33-30(35-26)28-10-8-24-15-21(16-29(41)40(24)28)25-17-22(32)5-9-27(25)39-19-34-36-37-39/h3-7,9,15-19,28H,2,8,10-14H2,1H3,(H,33,35)(H,42,43)/t28-/m0/s1. The zero-order chi connectivity index (χ0) is 31.3. The predicted octanol–water partition coefficient (Wildman–Crippen LogP) is 4.61. The third kappa shape index (κ3) is 6.50. The van der Waals surface area contributed by atoms with Crippen molar-refractivity contribution in [2.24, 2.45) is 0 Å². The maximum absolute atomic E-state index is 13.5. The molecule has 0 saturated heterocycles. The smallest absolute Gasteiger partial charge is 0.411 e. The van der Waals surface area contributed by atoms with Crippen molar-refractivity contribution in [1.29, 1.82) is 0 Å². The fourth-order valence-electron chi connectivity index (χ4n) is 5.55. The lowest BCUT2D eigenvalue weighted by Gasteiger charge is -2.19. The molecule has 1 amide bonds. The molecule has 1 aliphatic rings. The van der Waals surface area contributed by atoms with E-state index in [1.54, 1.807) is 41.1 Å². The van der Waals surface area contributed by atoms with Gasteiger partial charge in [-0.3, -0.25) is 9.69 Å². The van der Waals surface area contributed by atoms with Gasteiger partial charge in [0.15, 0.2) is 0 Å². The Balaban J connectivity index is 1.19. The molecule has 0 spiro atoms. The number of hydrogen-bond acceptors (Lipinski definition) is 8. The molecule has 0 saturated carbocycles. The molecule has 6 rings (SSSR count). The van der Waals surface area contributed by atoms with E-state index in [1.165, 1.54) is 15.9 Å². The molecule has 0 unspecified atom stereocenters. The van der Waals surface area contributed by atoms with Gasteiger partial charge >= 0.3 is 6.09 Å². The molecule has 0 bridgehead atoms. The van der Waals surface area contributed by atoms with Crippen LogP contribution < -0.4 is 10.5 Å². The van der Waals surface area contributed by atoms with Crippen LogP contribution in [0, 0.1) is 0 Å². The van der Waals surface area contributed by atoms with Gasteiger partial charge in [0.2, 0.25) is 0 Å². The molecule has 2 N–H and O–H groups in total. The Hall–Kier alpha value is -4.85. The molecule has 5 aromatic rings. The third-order valence-corrected chi connectivity index (χ3v) is 7.90. The number of pyridine rings is 1. The Labute approximate surface area is 263 Å². The van der Waals surface area contributed by atoms with Gasteiger partial charge < -0.3 is 24.1 Å². The Morgan fingerprint density at radius 1 is 1.09 bits per heavy atom. The minimum absolute atomic E-state index is 0.148. The lowest BCUT2D eigenvalue weighted by molar-refractivity contribution is 0.0555. The number of anilines is 1. The van der Waals surface area contributed by atoms with Crippen LogP contribution in [0.2, 0.25) is 5.02 Å². The summed E-state index contributed by atoms with van der Waals surface area (Å²) < 4.78 is 14.0. The van der Waals surface area contributed by atoms with E-state index >= 15 is 0 Å². The quantitative estimate of drug-likeness (QED) is 0.188. The molecular weight excluding hydrogens is 600 g/mol. The first kappa shape index (κ1) is 30.2. The van der Waals surface area contributed by atoms with Crippen molar-refractivity contribution in [3.05, 3.63) is 94.0 Å². The van der Waals surface area contributed by atoms with Gasteiger partial charge in [0.1, 0.15) is 12.2 Å². The lowest BCUT2D eigenvalue weighted by Crippen LogP contribution is -2.32. The number of nitrogens with zero attached hydrogens (tertiary/aromatic N) is 7. The highest BCUT2D eigenvalue weighted by Crippen LogP contribution is 2.34. The summed E-state index contributed by atoms with van der Waals surface area (Å²) in [5.74, 6) is 0.677. The molecule has 0 aliphatic carbocycles. The molecule has 4 heterocycles. The second kappa shape index (κ2) is 13.4. The normalized spacial score (nSPS) is 14.0. The average Bonchev–Trinajstić information content (AvgIpc) is 3.82. The first-order valence-electron chi connectivity index (χ1n) is 14.5. The van der Waals surface area contributed by atoms with Crippen molar-refractivity contribution in [2.45, 2.75) is 25.8 Å². The van der Waals surface area contributed by atoms with Crippen LogP contribution >= 0.6 is 11.6 Å². The first-order valence-corrected chi connectivity index (χ1v) is 14.9. The monoisotopic (exact) mass is 630 g/mol. The van der Waals surface area contributed by atoms with Crippen molar-refractivity contribution in [3.63, 3.8) is 0 Å². The van der Waals surface area contributed by atoms with Crippen molar-refractivity contribution >= 4 is 23.4 Å². The summed E-state index contributed by atoms with van der Waals surface area (Å²) >= 11 is 6.32. The number of hydrogen-bond donors (Lipinski definition) is 2. The van der Waals surface area contributed by atoms with E-state index in [0.29, 0.717) is 54.9 Å². The van der Waals surface area contributed by atoms with Crippen molar-refractivity contribution in [1.82, 2.24) is 34.7 Å². The van der Waals surface area contributed by atoms with Gasteiger partial charge in [0.05, 0.1) is 50.0 Å². The highest BCUT2D eigenvalue weighted by atomic mass is 35.5. The molecule has 0 radical (unpaired) electrons. The van der Waals surface area contributed by atoms with Crippen molar-refractivity contribution in [2.75, 3.05) is 37.9 Å².